The van der Waals surface area contributed by atoms with Crippen molar-refractivity contribution in [2.24, 2.45) is 5.14 Å². The van der Waals surface area contributed by atoms with E-state index in [4.69, 9.17) is 5.14 Å². The molecule has 7 nitrogen and oxygen atoms in total. The molecule has 0 saturated carbocycles. The molecule has 0 aliphatic carbocycles. The maximum absolute atomic E-state index is 12.1. The molecule has 0 saturated heterocycles. The summed E-state index contributed by atoms with van der Waals surface area (Å²) in [5, 5.41) is 11.0. The number of carbonyl (C=O) groups excluding carboxylic acids is 1. The maximum atomic E-state index is 12.1. The highest BCUT2D eigenvalue weighted by Crippen LogP contribution is 2.09. The molecule has 1 aromatic heterocycles. The highest BCUT2D eigenvalue weighted by molar-refractivity contribution is 7.89. The van der Waals surface area contributed by atoms with Crippen LogP contribution in [0.5, 0.6) is 0 Å². The number of hydrogen-bond donors (Lipinski definition) is 3. The molecule has 25 heavy (non-hydrogen) atoms. The van der Waals surface area contributed by atoms with Gasteiger partial charge in [0.2, 0.25) is 10.0 Å². The van der Waals surface area contributed by atoms with Gasteiger partial charge in [-0.05, 0) is 42.7 Å². The van der Waals surface area contributed by atoms with Crippen molar-refractivity contribution in [3.05, 3.63) is 53.7 Å². The Morgan fingerprint density at radius 1 is 1.12 bits per heavy atom. The number of sulfonamides is 1. The lowest BCUT2D eigenvalue weighted by Gasteiger charge is -2.07. The Morgan fingerprint density at radius 2 is 1.84 bits per heavy atom. The van der Waals surface area contributed by atoms with Crippen LogP contribution in [-0.4, -0.2) is 32.4 Å². The van der Waals surface area contributed by atoms with Crippen LogP contribution in [0.1, 0.15) is 29.3 Å². The number of pyridine rings is 1. The summed E-state index contributed by atoms with van der Waals surface area (Å²) in [6, 6.07) is 9.78. The van der Waals surface area contributed by atoms with E-state index in [1.54, 1.807) is 24.3 Å². The number of aromatic nitrogens is 1. The van der Waals surface area contributed by atoms with Gasteiger partial charge < -0.3 is 10.6 Å². The molecular weight excluding hydrogens is 340 g/mol. The molecule has 4 N–H and O–H groups in total. The summed E-state index contributed by atoms with van der Waals surface area (Å²) in [5.74, 6) is 0.545. The van der Waals surface area contributed by atoms with Crippen molar-refractivity contribution < 1.29 is 13.2 Å². The zero-order valence-electron chi connectivity index (χ0n) is 14.0. The van der Waals surface area contributed by atoms with Gasteiger partial charge in [-0.3, -0.25) is 4.79 Å². The number of nitrogens with two attached hydrogens (primary N) is 1. The van der Waals surface area contributed by atoms with Gasteiger partial charge >= 0.3 is 0 Å². The molecule has 1 aromatic carbocycles. The SMILES string of the molecule is CCCNc1ccc(C(=O)NCCc2ccc(S(N)(=O)=O)cc2)cn1. The fourth-order valence-electron chi connectivity index (χ4n) is 2.15. The number of amides is 1. The van der Waals surface area contributed by atoms with E-state index in [2.05, 4.69) is 22.5 Å². The second-order valence-electron chi connectivity index (χ2n) is 5.55. The minimum atomic E-state index is -3.68. The molecule has 8 heteroatoms. The summed E-state index contributed by atoms with van der Waals surface area (Å²) in [6.07, 6.45) is 3.12. The smallest absolute Gasteiger partial charge is 0.252 e. The molecule has 0 bridgehead atoms. The van der Waals surface area contributed by atoms with E-state index >= 15 is 0 Å². The van der Waals surface area contributed by atoms with E-state index in [1.165, 1.54) is 18.3 Å². The van der Waals surface area contributed by atoms with Crippen LogP contribution in [0.4, 0.5) is 5.82 Å². The van der Waals surface area contributed by atoms with Gasteiger partial charge in [0, 0.05) is 19.3 Å². The van der Waals surface area contributed by atoms with Crippen molar-refractivity contribution in [1.29, 1.82) is 0 Å². The van der Waals surface area contributed by atoms with Gasteiger partial charge in [-0.2, -0.15) is 0 Å². The highest BCUT2D eigenvalue weighted by atomic mass is 32.2. The monoisotopic (exact) mass is 362 g/mol. The summed E-state index contributed by atoms with van der Waals surface area (Å²) in [5.41, 5.74) is 1.40. The van der Waals surface area contributed by atoms with Crippen LogP contribution in [0.3, 0.4) is 0 Å². The average Bonchev–Trinajstić information content (AvgIpc) is 2.60. The number of rotatable bonds is 8. The molecule has 0 spiro atoms. The van der Waals surface area contributed by atoms with Crippen molar-refractivity contribution in [1.82, 2.24) is 10.3 Å². The van der Waals surface area contributed by atoms with E-state index in [0.29, 0.717) is 18.5 Å². The molecule has 0 aliphatic rings. The number of nitrogens with one attached hydrogen (secondary N) is 2. The molecule has 134 valence electrons. The third-order valence-electron chi connectivity index (χ3n) is 3.53. The van der Waals surface area contributed by atoms with Crippen LogP contribution in [0.25, 0.3) is 0 Å². The second-order valence-corrected chi connectivity index (χ2v) is 7.12. The molecule has 2 rings (SSSR count). The lowest BCUT2D eigenvalue weighted by atomic mass is 10.1. The van der Waals surface area contributed by atoms with Crippen molar-refractivity contribution in [2.45, 2.75) is 24.7 Å². The normalized spacial score (nSPS) is 11.1. The molecule has 1 amide bonds. The minimum Gasteiger partial charge on any atom is -0.370 e. The summed E-state index contributed by atoms with van der Waals surface area (Å²) < 4.78 is 22.4. The zero-order chi connectivity index (χ0) is 18.3. The minimum absolute atomic E-state index is 0.0723. The topological polar surface area (TPSA) is 114 Å². The fraction of sp³-hybridized carbons (Fsp3) is 0.294. The number of anilines is 1. The first-order valence-corrected chi connectivity index (χ1v) is 9.54. The van der Waals surface area contributed by atoms with Crippen molar-refractivity contribution in [3.8, 4) is 0 Å². The van der Waals surface area contributed by atoms with Crippen LogP contribution in [0.2, 0.25) is 0 Å². The lowest BCUT2D eigenvalue weighted by Crippen LogP contribution is -2.25. The molecule has 2 aromatic rings. The van der Waals surface area contributed by atoms with Gasteiger partial charge in [-0.15, -0.1) is 0 Å². The Hall–Kier alpha value is -2.45. The average molecular weight is 362 g/mol. The Bertz CT molecular complexity index is 803. The van der Waals surface area contributed by atoms with E-state index in [0.717, 1.165) is 24.3 Å². The predicted octanol–water partition coefficient (Wildman–Crippen LogP) is 1.52. The van der Waals surface area contributed by atoms with E-state index in [1.807, 2.05) is 0 Å². The number of primary sulfonamides is 1. The predicted molar refractivity (Wildman–Crippen MR) is 96.9 cm³/mol. The van der Waals surface area contributed by atoms with E-state index in [9.17, 15) is 13.2 Å². The molecule has 0 unspecified atom stereocenters. The maximum Gasteiger partial charge on any atom is 0.252 e. The second kappa shape index (κ2) is 8.59. The Morgan fingerprint density at radius 3 is 2.40 bits per heavy atom. The number of carbonyl (C=O) groups is 1. The largest absolute Gasteiger partial charge is 0.370 e. The van der Waals surface area contributed by atoms with Crippen LogP contribution < -0.4 is 15.8 Å². The van der Waals surface area contributed by atoms with E-state index in [-0.39, 0.29) is 10.8 Å². The highest BCUT2D eigenvalue weighted by Gasteiger charge is 2.08. The van der Waals surface area contributed by atoms with Gasteiger partial charge in [0.05, 0.1) is 10.5 Å². The Balaban J connectivity index is 1.83. The molecule has 0 atom stereocenters. The quantitative estimate of drug-likeness (QED) is 0.659. The summed E-state index contributed by atoms with van der Waals surface area (Å²) in [4.78, 5) is 16.3. The third-order valence-corrected chi connectivity index (χ3v) is 4.46. The van der Waals surface area contributed by atoms with Gasteiger partial charge in [-0.25, -0.2) is 18.5 Å². The molecule has 0 aliphatic heterocycles. The van der Waals surface area contributed by atoms with E-state index < -0.39 is 10.0 Å². The van der Waals surface area contributed by atoms with Gasteiger partial charge in [0.25, 0.3) is 5.91 Å². The Kier molecular flexibility index (Phi) is 6.49. The fourth-order valence-corrected chi connectivity index (χ4v) is 2.67. The standard InChI is InChI=1S/C17H22N4O3S/c1-2-10-19-16-8-5-14(12-21-16)17(22)20-11-9-13-3-6-15(7-4-13)25(18,23)24/h3-8,12H,2,9-11H2,1H3,(H,19,21)(H,20,22)(H2,18,23,24). The van der Waals surface area contributed by atoms with Crippen molar-refractivity contribution in [2.75, 3.05) is 18.4 Å². The molecule has 0 radical (unpaired) electrons. The van der Waals surface area contributed by atoms with Gasteiger partial charge in [0.1, 0.15) is 5.82 Å². The first-order valence-electron chi connectivity index (χ1n) is 8.00. The zero-order valence-corrected chi connectivity index (χ0v) is 14.8. The van der Waals surface area contributed by atoms with Crippen LogP contribution in [0.15, 0.2) is 47.5 Å². The summed E-state index contributed by atoms with van der Waals surface area (Å²) in [7, 11) is -3.68. The lowest BCUT2D eigenvalue weighted by molar-refractivity contribution is 0.0954. The summed E-state index contributed by atoms with van der Waals surface area (Å²) in [6.45, 7) is 3.34. The van der Waals surface area contributed by atoms with Crippen LogP contribution in [-0.2, 0) is 16.4 Å². The van der Waals surface area contributed by atoms with Gasteiger partial charge in [-0.1, -0.05) is 19.1 Å². The van der Waals surface area contributed by atoms with Crippen molar-refractivity contribution >= 4 is 21.7 Å². The molecule has 0 fully saturated rings. The first-order chi connectivity index (χ1) is 11.9. The first kappa shape index (κ1) is 18.9. The molecule has 1 heterocycles. The van der Waals surface area contributed by atoms with Crippen LogP contribution >= 0.6 is 0 Å². The Labute approximate surface area is 147 Å². The third kappa shape index (κ3) is 5.84. The van der Waals surface area contributed by atoms with Crippen molar-refractivity contribution in [3.63, 3.8) is 0 Å². The summed E-state index contributed by atoms with van der Waals surface area (Å²) >= 11 is 0. The van der Waals surface area contributed by atoms with Crippen LogP contribution in [0, 0.1) is 0 Å². The number of nitrogens with zero attached hydrogens (tertiary/aromatic N) is 1. The number of benzene rings is 1. The van der Waals surface area contributed by atoms with Gasteiger partial charge in [0.15, 0.2) is 0 Å². The number of hydrogen-bond acceptors (Lipinski definition) is 5. The molecular formula is C17H22N4O3S.